The third-order valence-corrected chi connectivity index (χ3v) is 15.4. The predicted octanol–water partition coefficient (Wildman–Crippen LogP) is 11.0. The van der Waals surface area contributed by atoms with E-state index in [0.29, 0.717) is 27.8 Å². The van der Waals surface area contributed by atoms with Gasteiger partial charge in [0, 0.05) is 52.6 Å². The summed E-state index contributed by atoms with van der Waals surface area (Å²) in [6, 6.07) is 24.3. The number of allylic oxidation sites excluding steroid dienone is 1. The Morgan fingerprint density at radius 2 is 1.02 bits per heavy atom. The van der Waals surface area contributed by atoms with Gasteiger partial charge in [0.1, 0.15) is 6.10 Å². The van der Waals surface area contributed by atoms with Crippen molar-refractivity contribution >= 4 is 52.2 Å². The lowest BCUT2D eigenvalue weighted by Crippen LogP contribution is -2.29. The van der Waals surface area contributed by atoms with Crippen molar-refractivity contribution in [3.63, 3.8) is 0 Å². The second-order valence-electron chi connectivity index (χ2n) is 15.7. The summed E-state index contributed by atoms with van der Waals surface area (Å²) in [6.07, 6.45) is 14.5. The third kappa shape index (κ3) is 4.03. The number of aliphatic hydroxyl groups excluding tert-OH is 1. The van der Waals surface area contributed by atoms with Crippen LogP contribution < -0.4 is 0 Å². The maximum absolute atomic E-state index is 13.4. The summed E-state index contributed by atoms with van der Waals surface area (Å²) in [5, 5.41) is 11.2. The summed E-state index contributed by atoms with van der Waals surface area (Å²) in [7, 11) is 0. The molecule has 256 valence electrons. The quantitative estimate of drug-likeness (QED) is 0.146. The number of hydrogen-bond acceptors (Lipinski definition) is 6. The van der Waals surface area contributed by atoms with Gasteiger partial charge in [-0.25, -0.2) is 0 Å². The zero-order valence-corrected chi connectivity index (χ0v) is 30.4. The summed E-state index contributed by atoms with van der Waals surface area (Å²) in [5.41, 5.74) is 11.3. The highest BCUT2D eigenvalue weighted by atomic mass is 32.1. The summed E-state index contributed by atoms with van der Waals surface area (Å²) in [5.74, 6) is -0.415. The minimum atomic E-state index is -0.897. The summed E-state index contributed by atoms with van der Waals surface area (Å²) < 4.78 is 0. The maximum Gasteiger partial charge on any atom is 0.197 e. The van der Waals surface area contributed by atoms with Crippen LogP contribution in [0.3, 0.4) is 0 Å². The van der Waals surface area contributed by atoms with Crippen LogP contribution in [0.5, 0.6) is 0 Å². The van der Waals surface area contributed by atoms with Crippen molar-refractivity contribution in [2.24, 2.45) is 0 Å². The van der Waals surface area contributed by atoms with Crippen LogP contribution in [0.15, 0.2) is 83.9 Å². The van der Waals surface area contributed by atoms with E-state index < -0.39 is 6.10 Å². The molecule has 1 N–H and O–H groups in total. The molecule has 1 atom stereocenters. The molecule has 11 rings (SSSR count). The molecule has 0 saturated heterocycles. The molecule has 52 heavy (non-hydrogen) atoms. The molecule has 2 saturated carbocycles. The Kier molecular flexibility index (Phi) is 6.58. The number of fused-ring (bicyclic) bond motifs is 12. The fraction of sp³-hybridized carbons (Fsp3) is 0.283. The number of aliphatic hydroxyl groups is 1. The third-order valence-electron chi connectivity index (χ3n) is 13.2. The van der Waals surface area contributed by atoms with Crippen LogP contribution >= 0.6 is 22.7 Å². The molecular weight excluding hydrogens is 681 g/mol. The van der Waals surface area contributed by atoms with E-state index in [2.05, 4.69) is 24.3 Å². The van der Waals surface area contributed by atoms with Gasteiger partial charge >= 0.3 is 0 Å². The van der Waals surface area contributed by atoms with Crippen molar-refractivity contribution in [3.8, 4) is 20.9 Å². The molecule has 6 aliphatic rings. The number of benzene rings is 3. The molecule has 2 fully saturated rings. The number of Topliss-reactive ketones (excluding diaryl/α,β-unsaturated/α-hetero) is 3. The zero-order valence-electron chi connectivity index (χ0n) is 28.7. The summed E-state index contributed by atoms with van der Waals surface area (Å²) in [6.45, 7) is 0. The predicted molar refractivity (Wildman–Crippen MR) is 208 cm³/mol. The van der Waals surface area contributed by atoms with E-state index in [1.807, 2.05) is 48.6 Å². The monoisotopic (exact) mass is 716 g/mol. The topological polar surface area (TPSA) is 71.4 Å². The van der Waals surface area contributed by atoms with Crippen molar-refractivity contribution in [2.75, 3.05) is 0 Å². The SMILES string of the molecule is O=C1C(=Cc2cc3c(s2)-c2cc4c(cc2C32CCCCC2)-c2sc(/C=C3/C(=O)c5ccccc5C3O)cc2C42CCCCC2)C(=O)c2ccccc21. The van der Waals surface area contributed by atoms with Gasteiger partial charge in [-0.2, -0.15) is 0 Å². The highest BCUT2D eigenvalue weighted by Gasteiger charge is 2.50. The lowest BCUT2D eigenvalue weighted by atomic mass is 9.66. The van der Waals surface area contributed by atoms with Crippen LogP contribution in [0.25, 0.3) is 33.0 Å². The molecule has 2 aromatic heterocycles. The summed E-state index contributed by atoms with van der Waals surface area (Å²) in [4.78, 5) is 44.8. The van der Waals surface area contributed by atoms with Gasteiger partial charge in [0.05, 0.1) is 5.57 Å². The van der Waals surface area contributed by atoms with Crippen LogP contribution in [0.1, 0.15) is 139 Å². The van der Waals surface area contributed by atoms with Crippen molar-refractivity contribution in [1.82, 2.24) is 0 Å². The van der Waals surface area contributed by atoms with Gasteiger partial charge in [0.15, 0.2) is 17.3 Å². The molecule has 3 aromatic carbocycles. The Hall–Kier alpha value is -4.49. The molecule has 0 bridgehead atoms. The van der Waals surface area contributed by atoms with Crippen molar-refractivity contribution < 1.29 is 19.5 Å². The number of hydrogen-bond donors (Lipinski definition) is 1. The van der Waals surface area contributed by atoms with E-state index in [1.165, 1.54) is 81.7 Å². The lowest BCUT2D eigenvalue weighted by Gasteiger charge is -2.37. The Morgan fingerprint density at radius 3 is 1.54 bits per heavy atom. The van der Waals surface area contributed by atoms with Crippen LogP contribution in [-0.4, -0.2) is 22.5 Å². The molecule has 1 unspecified atom stereocenters. The van der Waals surface area contributed by atoms with Crippen molar-refractivity contribution in [3.05, 3.63) is 138 Å². The lowest BCUT2D eigenvalue weighted by molar-refractivity contribution is 0.0986. The van der Waals surface area contributed by atoms with Crippen LogP contribution in [0.4, 0.5) is 0 Å². The Balaban J connectivity index is 1.05. The molecule has 4 nitrogen and oxygen atoms in total. The van der Waals surface area contributed by atoms with E-state index in [-0.39, 0.29) is 33.8 Å². The first-order valence-corrected chi connectivity index (χ1v) is 20.4. The highest BCUT2D eigenvalue weighted by molar-refractivity contribution is 7.17. The standard InChI is InChI=1S/C46H36O4S2/c47-39-27-11-3-4-12-28(27)40(48)33(39)19-25-21-37-43(51-25)31-24-36-32(23-35(31)45(37)15-7-1-8-16-45)44-38(46(36)17-9-2-10-18-46)22-26(52-44)20-34-41(49)29-13-5-6-14-30(29)42(34)50/h3-6,11-14,19-24,39,47H,1-2,7-10,15-18H2/b33-19+. The molecule has 6 heteroatoms. The minimum absolute atomic E-state index is 0.0640. The summed E-state index contributed by atoms with van der Waals surface area (Å²) >= 11 is 3.52. The van der Waals surface area contributed by atoms with Crippen molar-refractivity contribution in [2.45, 2.75) is 81.1 Å². The Bertz CT molecular complexity index is 2470. The number of ketones is 3. The molecular formula is C46H36O4S2. The van der Waals surface area contributed by atoms with E-state index in [9.17, 15) is 19.5 Å². The van der Waals surface area contributed by atoms with Gasteiger partial charge in [-0.15, -0.1) is 22.7 Å². The van der Waals surface area contributed by atoms with E-state index >= 15 is 0 Å². The van der Waals surface area contributed by atoms with Gasteiger partial charge in [-0.3, -0.25) is 14.4 Å². The molecule has 0 aliphatic heterocycles. The van der Waals surface area contributed by atoms with E-state index in [4.69, 9.17) is 0 Å². The first kappa shape index (κ1) is 31.1. The Morgan fingerprint density at radius 1 is 0.538 bits per heavy atom. The number of thiophene rings is 2. The molecule has 2 spiro atoms. The van der Waals surface area contributed by atoms with Gasteiger partial charge in [-0.1, -0.05) is 87.1 Å². The number of rotatable bonds is 2. The highest BCUT2D eigenvalue weighted by Crippen LogP contribution is 2.64. The maximum atomic E-state index is 13.4. The van der Waals surface area contributed by atoms with E-state index in [1.54, 1.807) is 34.8 Å². The smallest absolute Gasteiger partial charge is 0.197 e. The first-order valence-electron chi connectivity index (χ1n) is 18.8. The van der Waals surface area contributed by atoms with Crippen LogP contribution in [-0.2, 0) is 10.8 Å². The molecule has 5 aromatic rings. The number of carbonyl (C=O) groups is 3. The van der Waals surface area contributed by atoms with Crippen LogP contribution in [0.2, 0.25) is 0 Å². The minimum Gasteiger partial charge on any atom is -0.383 e. The van der Waals surface area contributed by atoms with E-state index in [0.717, 1.165) is 35.4 Å². The second-order valence-corrected chi connectivity index (χ2v) is 17.9. The van der Waals surface area contributed by atoms with Gasteiger partial charge in [0.2, 0.25) is 0 Å². The van der Waals surface area contributed by atoms with Crippen molar-refractivity contribution in [1.29, 1.82) is 0 Å². The fourth-order valence-corrected chi connectivity index (χ4v) is 13.2. The first-order chi connectivity index (χ1) is 25.4. The Labute approximate surface area is 310 Å². The van der Waals surface area contributed by atoms with Crippen LogP contribution in [0, 0.1) is 0 Å². The fourth-order valence-electron chi connectivity index (χ4n) is 10.8. The number of carbonyl (C=O) groups excluding carboxylic acids is 3. The molecule has 6 aliphatic carbocycles. The largest absolute Gasteiger partial charge is 0.383 e. The normalized spacial score (nSPS) is 22.2. The van der Waals surface area contributed by atoms with Gasteiger partial charge < -0.3 is 5.11 Å². The average molecular weight is 717 g/mol. The molecule has 0 amide bonds. The van der Waals surface area contributed by atoms with Gasteiger partial charge in [-0.05, 0) is 101 Å². The van der Waals surface area contributed by atoms with Gasteiger partial charge in [0.25, 0.3) is 0 Å². The average Bonchev–Trinajstić information content (AvgIpc) is 3.99. The molecule has 2 heterocycles. The zero-order chi connectivity index (χ0) is 34.9. The molecule has 0 radical (unpaired) electrons. The second kappa shape index (κ2) is 11.0.